The van der Waals surface area contributed by atoms with Crippen LogP contribution in [0, 0.1) is 13.8 Å². The van der Waals surface area contributed by atoms with E-state index < -0.39 is 0 Å². The van der Waals surface area contributed by atoms with Crippen molar-refractivity contribution in [1.82, 2.24) is 15.1 Å². The second kappa shape index (κ2) is 7.41. The van der Waals surface area contributed by atoms with Gasteiger partial charge in [0.1, 0.15) is 0 Å². The van der Waals surface area contributed by atoms with Gasteiger partial charge < -0.3 is 5.32 Å². The van der Waals surface area contributed by atoms with Gasteiger partial charge in [-0.3, -0.25) is 4.68 Å². The summed E-state index contributed by atoms with van der Waals surface area (Å²) in [6.07, 6.45) is 3.24. The first-order valence-electron chi connectivity index (χ1n) is 7.87. The average Bonchev–Trinajstić information content (AvgIpc) is 2.74. The molecular weight excluding hydrogens is 258 g/mol. The van der Waals surface area contributed by atoms with E-state index in [-0.39, 0.29) is 0 Å². The number of aromatic nitrogens is 2. The standard InChI is InChI=1S/C18H27N3/c1-5-9-19-17(12-16-8-6-7-14(2)10-16)13-18-11-15(3)20-21(18)4/h6-8,10-11,17,19H,5,9,12-13H2,1-4H3. The van der Waals surface area contributed by atoms with Crippen molar-refractivity contribution >= 4 is 0 Å². The van der Waals surface area contributed by atoms with Gasteiger partial charge in [-0.2, -0.15) is 5.10 Å². The van der Waals surface area contributed by atoms with E-state index in [1.165, 1.54) is 16.8 Å². The third-order valence-electron chi connectivity index (χ3n) is 3.80. The van der Waals surface area contributed by atoms with E-state index in [1.54, 1.807) is 0 Å². The Morgan fingerprint density at radius 1 is 1.19 bits per heavy atom. The van der Waals surface area contributed by atoms with Gasteiger partial charge in [-0.25, -0.2) is 0 Å². The van der Waals surface area contributed by atoms with E-state index in [2.05, 4.69) is 61.5 Å². The molecule has 0 spiro atoms. The molecule has 1 aromatic heterocycles. The average molecular weight is 285 g/mol. The number of nitrogens with one attached hydrogen (secondary N) is 1. The Morgan fingerprint density at radius 2 is 2.00 bits per heavy atom. The summed E-state index contributed by atoms with van der Waals surface area (Å²) in [6.45, 7) is 7.49. The molecule has 1 heterocycles. The number of hydrogen-bond donors (Lipinski definition) is 1. The van der Waals surface area contributed by atoms with Crippen molar-refractivity contribution in [3.63, 3.8) is 0 Å². The van der Waals surface area contributed by atoms with E-state index >= 15 is 0 Å². The molecule has 2 rings (SSSR count). The second-order valence-electron chi connectivity index (χ2n) is 5.95. The summed E-state index contributed by atoms with van der Waals surface area (Å²) in [5.74, 6) is 0. The summed E-state index contributed by atoms with van der Waals surface area (Å²) in [6, 6.07) is 11.5. The molecule has 0 saturated heterocycles. The zero-order valence-corrected chi connectivity index (χ0v) is 13.7. The molecule has 0 aliphatic heterocycles. The van der Waals surface area contributed by atoms with Crippen LogP contribution in [-0.2, 0) is 19.9 Å². The molecule has 1 atom stereocenters. The van der Waals surface area contributed by atoms with Gasteiger partial charge in [0.2, 0.25) is 0 Å². The van der Waals surface area contributed by atoms with Crippen LogP contribution >= 0.6 is 0 Å². The molecule has 3 heteroatoms. The lowest BCUT2D eigenvalue weighted by molar-refractivity contribution is 0.490. The molecule has 1 aromatic carbocycles. The van der Waals surface area contributed by atoms with Crippen molar-refractivity contribution in [1.29, 1.82) is 0 Å². The topological polar surface area (TPSA) is 29.9 Å². The normalized spacial score (nSPS) is 12.6. The molecule has 1 N–H and O–H groups in total. The van der Waals surface area contributed by atoms with E-state index in [1.807, 2.05) is 11.7 Å². The SMILES string of the molecule is CCCNC(Cc1cccc(C)c1)Cc1cc(C)nn1C. The summed E-state index contributed by atoms with van der Waals surface area (Å²) >= 11 is 0. The number of rotatable bonds is 7. The first-order valence-corrected chi connectivity index (χ1v) is 7.87. The number of aryl methyl sites for hydroxylation is 3. The van der Waals surface area contributed by atoms with Crippen LogP contribution in [0.3, 0.4) is 0 Å². The van der Waals surface area contributed by atoms with Crippen LogP contribution in [-0.4, -0.2) is 22.4 Å². The van der Waals surface area contributed by atoms with Crippen molar-refractivity contribution in [3.05, 3.63) is 52.8 Å². The van der Waals surface area contributed by atoms with Crippen LogP contribution in [0.15, 0.2) is 30.3 Å². The Kier molecular flexibility index (Phi) is 5.57. The predicted molar refractivity (Wildman–Crippen MR) is 88.6 cm³/mol. The molecule has 21 heavy (non-hydrogen) atoms. The first-order chi connectivity index (χ1) is 10.1. The first kappa shape index (κ1) is 15.8. The molecule has 0 aliphatic rings. The molecule has 0 amide bonds. The molecule has 0 fully saturated rings. The summed E-state index contributed by atoms with van der Waals surface area (Å²) in [4.78, 5) is 0. The van der Waals surface area contributed by atoms with Crippen LogP contribution in [0.4, 0.5) is 0 Å². The van der Waals surface area contributed by atoms with E-state index in [4.69, 9.17) is 0 Å². The fourth-order valence-corrected chi connectivity index (χ4v) is 2.80. The van der Waals surface area contributed by atoms with Crippen LogP contribution < -0.4 is 5.32 Å². The molecule has 114 valence electrons. The van der Waals surface area contributed by atoms with Crippen LogP contribution in [0.5, 0.6) is 0 Å². The molecule has 0 aliphatic carbocycles. The lowest BCUT2D eigenvalue weighted by Gasteiger charge is -2.19. The highest BCUT2D eigenvalue weighted by molar-refractivity contribution is 5.23. The van der Waals surface area contributed by atoms with Gasteiger partial charge in [0, 0.05) is 25.2 Å². The molecule has 1 unspecified atom stereocenters. The molecule has 0 saturated carbocycles. The summed E-state index contributed by atoms with van der Waals surface area (Å²) in [7, 11) is 2.03. The van der Waals surface area contributed by atoms with Crippen LogP contribution in [0.2, 0.25) is 0 Å². The minimum absolute atomic E-state index is 0.460. The van der Waals surface area contributed by atoms with Crippen LogP contribution in [0.25, 0.3) is 0 Å². The fourth-order valence-electron chi connectivity index (χ4n) is 2.80. The summed E-state index contributed by atoms with van der Waals surface area (Å²) in [5, 5.41) is 8.14. The van der Waals surface area contributed by atoms with Gasteiger partial charge in [-0.15, -0.1) is 0 Å². The fraction of sp³-hybridized carbons (Fsp3) is 0.500. The van der Waals surface area contributed by atoms with E-state index in [0.29, 0.717) is 6.04 Å². The van der Waals surface area contributed by atoms with Gasteiger partial charge in [0.05, 0.1) is 5.69 Å². The Labute approximate surface area is 128 Å². The van der Waals surface area contributed by atoms with Crippen molar-refractivity contribution in [2.45, 2.75) is 46.1 Å². The van der Waals surface area contributed by atoms with Gasteiger partial charge in [-0.05, 0) is 44.9 Å². The van der Waals surface area contributed by atoms with Gasteiger partial charge in [0.25, 0.3) is 0 Å². The van der Waals surface area contributed by atoms with E-state index in [0.717, 1.165) is 31.5 Å². The maximum absolute atomic E-state index is 4.45. The smallest absolute Gasteiger partial charge is 0.0596 e. The Morgan fingerprint density at radius 3 is 2.62 bits per heavy atom. The largest absolute Gasteiger partial charge is 0.313 e. The predicted octanol–water partition coefficient (Wildman–Crippen LogP) is 3.19. The molecule has 0 radical (unpaired) electrons. The molecule has 0 bridgehead atoms. The maximum atomic E-state index is 4.45. The maximum Gasteiger partial charge on any atom is 0.0596 e. The highest BCUT2D eigenvalue weighted by Gasteiger charge is 2.13. The highest BCUT2D eigenvalue weighted by atomic mass is 15.3. The van der Waals surface area contributed by atoms with Gasteiger partial charge >= 0.3 is 0 Å². The monoisotopic (exact) mass is 285 g/mol. The number of hydrogen-bond acceptors (Lipinski definition) is 2. The minimum atomic E-state index is 0.460. The number of nitrogens with zero attached hydrogens (tertiary/aromatic N) is 2. The lowest BCUT2D eigenvalue weighted by atomic mass is 10.00. The van der Waals surface area contributed by atoms with Crippen LogP contribution in [0.1, 0.15) is 35.9 Å². The molecule has 2 aromatic rings. The van der Waals surface area contributed by atoms with E-state index in [9.17, 15) is 0 Å². The molecular formula is C18H27N3. The van der Waals surface area contributed by atoms with Crippen molar-refractivity contribution < 1.29 is 0 Å². The Hall–Kier alpha value is -1.61. The highest BCUT2D eigenvalue weighted by Crippen LogP contribution is 2.12. The van der Waals surface area contributed by atoms with Gasteiger partial charge in [0.15, 0.2) is 0 Å². The zero-order valence-electron chi connectivity index (χ0n) is 13.7. The third kappa shape index (κ3) is 4.71. The minimum Gasteiger partial charge on any atom is -0.313 e. The Balaban J connectivity index is 2.08. The second-order valence-corrected chi connectivity index (χ2v) is 5.95. The molecule has 3 nitrogen and oxygen atoms in total. The summed E-state index contributed by atoms with van der Waals surface area (Å²) < 4.78 is 2.01. The summed E-state index contributed by atoms with van der Waals surface area (Å²) in [5.41, 5.74) is 5.13. The number of benzene rings is 1. The quantitative estimate of drug-likeness (QED) is 0.846. The van der Waals surface area contributed by atoms with Gasteiger partial charge in [-0.1, -0.05) is 36.8 Å². The van der Waals surface area contributed by atoms with Crippen molar-refractivity contribution in [3.8, 4) is 0 Å². The lowest BCUT2D eigenvalue weighted by Crippen LogP contribution is -2.34. The Bertz CT molecular complexity index is 572. The third-order valence-corrected chi connectivity index (χ3v) is 3.80. The van der Waals surface area contributed by atoms with Crippen molar-refractivity contribution in [2.75, 3.05) is 6.54 Å². The van der Waals surface area contributed by atoms with Crippen molar-refractivity contribution in [2.24, 2.45) is 7.05 Å². The zero-order chi connectivity index (χ0) is 15.2.